The van der Waals surface area contributed by atoms with E-state index < -0.39 is 0 Å². The lowest BCUT2D eigenvalue weighted by Gasteiger charge is -2.13. The quantitative estimate of drug-likeness (QED) is 0.715. The molecule has 0 aliphatic heterocycles. The number of nitrogens with zero attached hydrogens (tertiary/aromatic N) is 2. The van der Waals surface area contributed by atoms with Gasteiger partial charge in [-0.15, -0.1) is 0 Å². The van der Waals surface area contributed by atoms with Crippen molar-refractivity contribution in [2.24, 2.45) is 0 Å². The van der Waals surface area contributed by atoms with Crippen molar-refractivity contribution in [2.45, 2.75) is 0 Å². The van der Waals surface area contributed by atoms with Gasteiger partial charge in [-0.25, -0.2) is 9.97 Å². The molecule has 0 spiro atoms. The van der Waals surface area contributed by atoms with E-state index in [-0.39, 0.29) is 0 Å². The van der Waals surface area contributed by atoms with Crippen molar-refractivity contribution in [1.82, 2.24) is 9.97 Å². The van der Waals surface area contributed by atoms with E-state index in [9.17, 15) is 0 Å². The molecule has 6 nitrogen and oxygen atoms in total. The summed E-state index contributed by atoms with van der Waals surface area (Å²) in [5.41, 5.74) is 1.72. The molecule has 3 rings (SSSR count). The van der Waals surface area contributed by atoms with E-state index in [0.29, 0.717) is 17.4 Å². The second-order valence-corrected chi connectivity index (χ2v) is 4.97. The molecule has 0 unspecified atom stereocenters. The second kappa shape index (κ2) is 7.32. The average Bonchev–Trinajstić information content (AvgIpc) is 2.63. The fraction of sp³-hybridized carbons (Fsp3) is 0.111. The molecule has 3 aromatic rings. The van der Waals surface area contributed by atoms with Crippen LogP contribution < -0.4 is 20.1 Å². The standard InChI is InChI=1S/C18H18N4O2/c1-23-14-8-9-16(24-2)15(10-14)22-18-11-17(19-12-20-18)21-13-6-4-3-5-7-13/h3-12H,1-2H3,(H2,19,20,21,22). The number of anilines is 4. The molecule has 0 radical (unpaired) electrons. The SMILES string of the molecule is COc1ccc(OC)c(Nc2cc(Nc3ccccc3)ncn2)c1. The second-order valence-electron chi connectivity index (χ2n) is 4.97. The molecule has 0 atom stereocenters. The zero-order valence-corrected chi connectivity index (χ0v) is 13.5. The fourth-order valence-electron chi connectivity index (χ4n) is 2.21. The molecule has 2 aromatic carbocycles. The monoisotopic (exact) mass is 322 g/mol. The summed E-state index contributed by atoms with van der Waals surface area (Å²) in [7, 11) is 3.24. The van der Waals surface area contributed by atoms with Crippen LogP contribution in [-0.2, 0) is 0 Å². The average molecular weight is 322 g/mol. The molecule has 0 aliphatic rings. The molecule has 0 fully saturated rings. The lowest BCUT2D eigenvalue weighted by molar-refractivity contribution is 0.405. The number of nitrogens with one attached hydrogen (secondary N) is 2. The predicted molar refractivity (Wildman–Crippen MR) is 94.6 cm³/mol. The number of methoxy groups -OCH3 is 2. The summed E-state index contributed by atoms with van der Waals surface area (Å²) in [6.45, 7) is 0. The summed E-state index contributed by atoms with van der Waals surface area (Å²) in [6.07, 6.45) is 1.50. The molecule has 0 amide bonds. The van der Waals surface area contributed by atoms with Crippen LogP contribution in [0.1, 0.15) is 0 Å². The Morgan fingerprint density at radius 2 is 1.54 bits per heavy atom. The van der Waals surface area contributed by atoms with Crippen LogP contribution in [-0.4, -0.2) is 24.2 Å². The van der Waals surface area contributed by atoms with Crippen LogP contribution in [0.3, 0.4) is 0 Å². The maximum Gasteiger partial charge on any atom is 0.142 e. The third kappa shape index (κ3) is 3.73. The Hall–Kier alpha value is -3.28. The number of rotatable bonds is 6. The van der Waals surface area contributed by atoms with Crippen molar-refractivity contribution in [3.8, 4) is 11.5 Å². The Morgan fingerprint density at radius 3 is 2.25 bits per heavy atom. The maximum atomic E-state index is 5.37. The van der Waals surface area contributed by atoms with E-state index >= 15 is 0 Å². The zero-order chi connectivity index (χ0) is 16.8. The lowest BCUT2D eigenvalue weighted by Crippen LogP contribution is -2.00. The minimum Gasteiger partial charge on any atom is -0.497 e. The van der Waals surface area contributed by atoms with Crippen LogP contribution in [0.15, 0.2) is 60.9 Å². The first kappa shape index (κ1) is 15.6. The van der Waals surface area contributed by atoms with Gasteiger partial charge in [-0.3, -0.25) is 0 Å². The number of hydrogen-bond acceptors (Lipinski definition) is 6. The van der Waals surface area contributed by atoms with E-state index in [2.05, 4.69) is 20.6 Å². The summed E-state index contributed by atoms with van der Waals surface area (Å²) >= 11 is 0. The minimum atomic E-state index is 0.648. The van der Waals surface area contributed by atoms with Crippen LogP contribution in [0.25, 0.3) is 0 Å². The van der Waals surface area contributed by atoms with Gasteiger partial charge in [-0.05, 0) is 24.3 Å². The van der Waals surface area contributed by atoms with Gasteiger partial charge in [-0.2, -0.15) is 0 Å². The third-order valence-electron chi connectivity index (χ3n) is 3.38. The predicted octanol–water partition coefficient (Wildman–Crippen LogP) is 3.98. The van der Waals surface area contributed by atoms with Gasteiger partial charge in [0.25, 0.3) is 0 Å². The summed E-state index contributed by atoms with van der Waals surface area (Å²) < 4.78 is 10.6. The van der Waals surface area contributed by atoms with E-state index in [1.807, 2.05) is 54.6 Å². The van der Waals surface area contributed by atoms with Crippen molar-refractivity contribution in [1.29, 1.82) is 0 Å². The first-order chi connectivity index (χ1) is 11.8. The molecule has 6 heteroatoms. The van der Waals surface area contributed by atoms with Gasteiger partial charge in [0.15, 0.2) is 0 Å². The van der Waals surface area contributed by atoms with Crippen LogP contribution >= 0.6 is 0 Å². The molecule has 0 aliphatic carbocycles. The van der Waals surface area contributed by atoms with Crippen LogP contribution in [0, 0.1) is 0 Å². The number of hydrogen-bond donors (Lipinski definition) is 2. The van der Waals surface area contributed by atoms with E-state index in [1.54, 1.807) is 14.2 Å². The molecule has 1 heterocycles. The maximum absolute atomic E-state index is 5.37. The Bertz CT molecular complexity index is 809. The van der Waals surface area contributed by atoms with E-state index in [1.165, 1.54) is 6.33 Å². The number of ether oxygens (including phenoxy) is 2. The topological polar surface area (TPSA) is 68.3 Å². The fourth-order valence-corrected chi connectivity index (χ4v) is 2.21. The molecule has 122 valence electrons. The highest BCUT2D eigenvalue weighted by Gasteiger charge is 2.07. The molecule has 0 saturated carbocycles. The number of benzene rings is 2. The van der Waals surface area contributed by atoms with Gasteiger partial charge in [0.1, 0.15) is 29.5 Å². The van der Waals surface area contributed by atoms with Gasteiger partial charge in [0.05, 0.1) is 19.9 Å². The summed E-state index contributed by atoms with van der Waals surface area (Å²) in [5.74, 6) is 2.78. The van der Waals surface area contributed by atoms with Gasteiger partial charge >= 0.3 is 0 Å². The third-order valence-corrected chi connectivity index (χ3v) is 3.38. The Balaban J connectivity index is 1.82. The van der Waals surface area contributed by atoms with Crippen molar-refractivity contribution < 1.29 is 9.47 Å². The highest BCUT2D eigenvalue weighted by Crippen LogP contribution is 2.31. The van der Waals surface area contributed by atoms with Crippen LogP contribution in [0.5, 0.6) is 11.5 Å². The smallest absolute Gasteiger partial charge is 0.142 e. The summed E-state index contributed by atoms with van der Waals surface area (Å²) in [5, 5.41) is 6.46. The van der Waals surface area contributed by atoms with Gasteiger partial charge in [0.2, 0.25) is 0 Å². The molecular weight excluding hydrogens is 304 g/mol. The zero-order valence-electron chi connectivity index (χ0n) is 13.5. The van der Waals surface area contributed by atoms with E-state index in [4.69, 9.17) is 9.47 Å². The van der Waals surface area contributed by atoms with Gasteiger partial charge in [-0.1, -0.05) is 18.2 Å². The van der Waals surface area contributed by atoms with Gasteiger partial charge < -0.3 is 20.1 Å². The molecule has 0 saturated heterocycles. The van der Waals surface area contributed by atoms with Crippen LogP contribution in [0.2, 0.25) is 0 Å². The molecule has 1 aromatic heterocycles. The van der Waals surface area contributed by atoms with Crippen LogP contribution in [0.4, 0.5) is 23.0 Å². The van der Waals surface area contributed by atoms with Crippen molar-refractivity contribution in [3.05, 3.63) is 60.9 Å². The van der Waals surface area contributed by atoms with E-state index in [0.717, 1.165) is 17.1 Å². The number of aromatic nitrogens is 2. The normalized spacial score (nSPS) is 10.1. The molecular formula is C18H18N4O2. The van der Waals surface area contributed by atoms with Crippen molar-refractivity contribution >= 4 is 23.0 Å². The molecule has 0 bridgehead atoms. The highest BCUT2D eigenvalue weighted by molar-refractivity contribution is 5.68. The van der Waals surface area contributed by atoms with Crippen molar-refractivity contribution in [2.75, 3.05) is 24.9 Å². The molecule has 2 N–H and O–H groups in total. The first-order valence-electron chi connectivity index (χ1n) is 7.41. The highest BCUT2D eigenvalue weighted by atomic mass is 16.5. The Kier molecular flexibility index (Phi) is 4.76. The molecule has 24 heavy (non-hydrogen) atoms. The lowest BCUT2D eigenvalue weighted by atomic mass is 10.2. The summed E-state index contributed by atoms with van der Waals surface area (Å²) in [6, 6.07) is 17.2. The van der Waals surface area contributed by atoms with Gasteiger partial charge in [0, 0.05) is 17.8 Å². The van der Waals surface area contributed by atoms with Crippen molar-refractivity contribution in [3.63, 3.8) is 0 Å². The largest absolute Gasteiger partial charge is 0.497 e. The Morgan fingerprint density at radius 1 is 0.792 bits per heavy atom. The summed E-state index contributed by atoms with van der Waals surface area (Å²) in [4.78, 5) is 8.48. The Labute approximate surface area is 140 Å². The number of para-hydroxylation sites is 1. The minimum absolute atomic E-state index is 0.648. The first-order valence-corrected chi connectivity index (χ1v) is 7.41.